The van der Waals surface area contributed by atoms with Crippen molar-refractivity contribution in [2.24, 2.45) is 5.92 Å². The molecule has 0 fully saturated rings. The minimum absolute atomic E-state index is 0.176. The molecule has 5 heteroatoms. The van der Waals surface area contributed by atoms with Crippen LogP contribution in [-0.2, 0) is 14.3 Å². The van der Waals surface area contributed by atoms with Gasteiger partial charge < -0.3 is 14.8 Å². The summed E-state index contributed by atoms with van der Waals surface area (Å²) in [5.41, 5.74) is 0. The molecule has 0 aliphatic rings. The van der Waals surface area contributed by atoms with E-state index in [1.807, 2.05) is 13.8 Å². The zero-order valence-corrected chi connectivity index (χ0v) is 19.6. The van der Waals surface area contributed by atoms with Crippen LogP contribution < -0.4 is 5.32 Å². The topological polar surface area (TPSA) is 64.6 Å². The number of esters is 1. The Bertz CT molecular complexity index is 398. The van der Waals surface area contributed by atoms with Crippen molar-refractivity contribution in [1.29, 1.82) is 0 Å². The predicted molar refractivity (Wildman–Crippen MR) is 120 cm³/mol. The first-order valence-corrected chi connectivity index (χ1v) is 12.0. The van der Waals surface area contributed by atoms with E-state index in [-0.39, 0.29) is 18.4 Å². The van der Waals surface area contributed by atoms with Gasteiger partial charge in [0, 0.05) is 6.04 Å². The number of rotatable bonds is 19. The van der Waals surface area contributed by atoms with Crippen molar-refractivity contribution < 1.29 is 19.1 Å². The van der Waals surface area contributed by atoms with Crippen molar-refractivity contribution in [3.8, 4) is 0 Å². The van der Waals surface area contributed by atoms with Crippen LogP contribution >= 0.6 is 0 Å². The van der Waals surface area contributed by atoms with Gasteiger partial charge in [-0.25, -0.2) is 4.79 Å². The standard InChI is InChI=1S/C24H47NO4/c1-5-6-7-8-9-10-11-12-13-14-15-16-17-18-28-23(26)19-22(4)25-24(27)29-20-21(2)3/h21-22H,5-20H2,1-4H3,(H,25,27). The molecular formula is C24H47NO4. The lowest BCUT2D eigenvalue weighted by Gasteiger charge is -2.14. The van der Waals surface area contributed by atoms with Crippen LogP contribution in [0.2, 0.25) is 0 Å². The van der Waals surface area contributed by atoms with Gasteiger partial charge in [-0.3, -0.25) is 4.79 Å². The van der Waals surface area contributed by atoms with Gasteiger partial charge in [0.25, 0.3) is 0 Å². The summed E-state index contributed by atoms with van der Waals surface area (Å²) in [4.78, 5) is 23.4. The second-order valence-corrected chi connectivity index (χ2v) is 8.70. The van der Waals surface area contributed by atoms with E-state index in [0.717, 1.165) is 12.8 Å². The van der Waals surface area contributed by atoms with Crippen LogP contribution in [0.25, 0.3) is 0 Å². The lowest BCUT2D eigenvalue weighted by Crippen LogP contribution is -2.35. The summed E-state index contributed by atoms with van der Waals surface area (Å²) in [5, 5.41) is 2.66. The Labute approximate surface area is 179 Å². The van der Waals surface area contributed by atoms with Crippen molar-refractivity contribution in [3.63, 3.8) is 0 Å². The Hall–Kier alpha value is -1.26. The Morgan fingerprint density at radius 1 is 0.724 bits per heavy atom. The zero-order valence-electron chi connectivity index (χ0n) is 19.6. The zero-order chi connectivity index (χ0) is 21.7. The monoisotopic (exact) mass is 413 g/mol. The summed E-state index contributed by atoms with van der Waals surface area (Å²) in [6, 6.07) is -0.284. The van der Waals surface area contributed by atoms with E-state index in [1.165, 1.54) is 70.6 Å². The van der Waals surface area contributed by atoms with Gasteiger partial charge in [-0.05, 0) is 19.3 Å². The first-order valence-electron chi connectivity index (χ1n) is 12.0. The number of unbranched alkanes of at least 4 members (excludes halogenated alkanes) is 12. The van der Waals surface area contributed by atoms with Crippen LogP contribution in [0.3, 0.4) is 0 Å². The van der Waals surface area contributed by atoms with Gasteiger partial charge in [0.15, 0.2) is 0 Å². The molecule has 1 unspecified atom stereocenters. The Kier molecular flexibility index (Phi) is 19.2. The highest BCUT2D eigenvalue weighted by molar-refractivity contribution is 5.72. The smallest absolute Gasteiger partial charge is 0.407 e. The number of hydrogen-bond acceptors (Lipinski definition) is 4. The highest BCUT2D eigenvalue weighted by Gasteiger charge is 2.13. The number of amides is 1. The molecule has 172 valence electrons. The predicted octanol–water partition coefficient (Wildman–Crippen LogP) is 6.78. The minimum Gasteiger partial charge on any atom is -0.466 e. The molecule has 1 atom stereocenters. The Morgan fingerprint density at radius 2 is 1.21 bits per heavy atom. The second-order valence-electron chi connectivity index (χ2n) is 8.70. The van der Waals surface area contributed by atoms with Crippen LogP contribution in [0.4, 0.5) is 4.79 Å². The lowest BCUT2D eigenvalue weighted by atomic mass is 10.0. The van der Waals surface area contributed by atoms with Gasteiger partial charge in [-0.2, -0.15) is 0 Å². The number of ether oxygens (including phenoxy) is 2. The molecule has 1 amide bonds. The normalized spacial score (nSPS) is 12.0. The van der Waals surface area contributed by atoms with Crippen LogP contribution in [0.5, 0.6) is 0 Å². The third kappa shape index (κ3) is 21.3. The van der Waals surface area contributed by atoms with Crippen molar-refractivity contribution >= 4 is 12.1 Å². The lowest BCUT2D eigenvalue weighted by molar-refractivity contribution is -0.144. The first kappa shape index (κ1) is 27.7. The number of carbonyl (C=O) groups excluding carboxylic acids is 2. The molecule has 0 aromatic heterocycles. The average Bonchev–Trinajstić information content (AvgIpc) is 2.66. The summed E-state index contributed by atoms with van der Waals surface area (Å²) < 4.78 is 10.3. The van der Waals surface area contributed by atoms with E-state index >= 15 is 0 Å². The van der Waals surface area contributed by atoms with Crippen LogP contribution in [0.1, 0.15) is 118 Å². The molecule has 0 heterocycles. The summed E-state index contributed by atoms with van der Waals surface area (Å²) in [5.74, 6) is 0.0296. The SMILES string of the molecule is CCCCCCCCCCCCCCCOC(=O)CC(C)NC(=O)OCC(C)C. The highest BCUT2D eigenvalue weighted by Crippen LogP contribution is 2.12. The number of nitrogens with one attached hydrogen (secondary N) is 1. The number of carbonyl (C=O) groups is 2. The summed E-state index contributed by atoms with van der Waals surface area (Å²) in [7, 11) is 0. The molecular weight excluding hydrogens is 366 g/mol. The largest absolute Gasteiger partial charge is 0.466 e. The maximum atomic E-state index is 11.8. The molecule has 0 saturated carbocycles. The van der Waals surface area contributed by atoms with Gasteiger partial charge in [0.2, 0.25) is 0 Å². The third-order valence-corrected chi connectivity index (χ3v) is 4.90. The van der Waals surface area contributed by atoms with Gasteiger partial charge in [-0.15, -0.1) is 0 Å². The van der Waals surface area contributed by atoms with Gasteiger partial charge in [0.05, 0.1) is 19.6 Å². The molecule has 0 rings (SSSR count). The fraction of sp³-hybridized carbons (Fsp3) is 0.917. The quantitative estimate of drug-likeness (QED) is 0.187. The maximum absolute atomic E-state index is 11.8. The Morgan fingerprint density at radius 3 is 1.69 bits per heavy atom. The summed E-state index contributed by atoms with van der Waals surface area (Å²) >= 11 is 0. The van der Waals surface area contributed by atoms with Crippen molar-refractivity contribution in [2.75, 3.05) is 13.2 Å². The van der Waals surface area contributed by atoms with Crippen LogP contribution in [0.15, 0.2) is 0 Å². The highest BCUT2D eigenvalue weighted by atomic mass is 16.5. The van der Waals surface area contributed by atoms with E-state index in [0.29, 0.717) is 19.1 Å². The molecule has 0 radical (unpaired) electrons. The third-order valence-electron chi connectivity index (χ3n) is 4.90. The molecule has 0 saturated heterocycles. The van der Waals surface area contributed by atoms with E-state index in [1.54, 1.807) is 6.92 Å². The van der Waals surface area contributed by atoms with Crippen molar-refractivity contribution in [3.05, 3.63) is 0 Å². The molecule has 0 aromatic rings. The van der Waals surface area contributed by atoms with Gasteiger partial charge in [0.1, 0.15) is 0 Å². The molecule has 5 nitrogen and oxygen atoms in total. The molecule has 0 aliphatic carbocycles. The number of alkyl carbamates (subject to hydrolysis) is 1. The number of hydrogen-bond donors (Lipinski definition) is 1. The average molecular weight is 414 g/mol. The fourth-order valence-corrected chi connectivity index (χ4v) is 3.15. The Balaban J connectivity index is 3.39. The van der Waals surface area contributed by atoms with Crippen LogP contribution in [-0.4, -0.2) is 31.3 Å². The molecule has 0 aromatic carbocycles. The molecule has 0 aliphatic heterocycles. The van der Waals surface area contributed by atoms with Gasteiger partial charge >= 0.3 is 12.1 Å². The van der Waals surface area contributed by atoms with E-state index in [9.17, 15) is 9.59 Å². The molecule has 1 N–H and O–H groups in total. The fourth-order valence-electron chi connectivity index (χ4n) is 3.15. The maximum Gasteiger partial charge on any atom is 0.407 e. The summed E-state index contributed by atoms with van der Waals surface area (Å²) in [6.45, 7) is 8.85. The summed E-state index contributed by atoms with van der Waals surface area (Å²) in [6.07, 6.45) is 16.6. The van der Waals surface area contributed by atoms with E-state index in [4.69, 9.17) is 9.47 Å². The van der Waals surface area contributed by atoms with Gasteiger partial charge in [-0.1, -0.05) is 97.8 Å². The van der Waals surface area contributed by atoms with E-state index < -0.39 is 6.09 Å². The molecule has 0 spiro atoms. The first-order chi connectivity index (χ1) is 14.0. The van der Waals surface area contributed by atoms with E-state index in [2.05, 4.69) is 12.2 Å². The molecule has 29 heavy (non-hydrogen) atoms. The van der Waals surface area contributed by atoms with Crippen molar-refractivity contribution in [1.82, 2.24) is 5.32 Å². The van der Waals surface area contributed by atoms with Crippen LogP contribution in [0, 0.1) is 5.92 Å². The van der Waals surface area contributed by atoms with Crippen molar-refractivity contribution in [2.45, 2.75) is 124 Å². The molecule has 0 bridgehead atoms. The minimum atomic E-state index is -0.476. The second kappa shape index (κ2) is 20.0.